The van der Waals surface area contributed by atoms with Gasteiger partial charge in [-0.05, 0) is 37.1 Å². The Labute approximate surface area is 148 Å². The Morgan fingerprint density at radius 3 is 2.61 bits per heavy atom. The van der Waals surface area contributed by atoms with Gasteiger partial charge in [-0.3, -0.25) is 9.59 Å². The maximum atomic E-state index is 11.8. The topological polar surface area (TPSA) is 58.2 Å². The third-order valence-corrected chi connectivity index (χ3v) is 4.98. The summed E-state index contributed by atoms with van der Waals surface area (Å²) < 4.78 is 0. The van der Waals surface area contributed by atoms with Crippen LogP contribution in [0.3, 0.4) is 0 Å². The molecule has 0 saturated carbocycles. The van der Waals surface area contributed by atoms with Crippen molar-refractivity contribution in [2.75, 3.05) is 13.1 Å². The van der Waals surface area contributed by atoms with Gasteiger partial charge in [-0.2, -0.15) is 0 Å². The molecule has 0 radical (unpaired) electrons. The second-order valence-electron chi connectivity index (χ2n) is 4.91. The first kappa shape index (κ1) is 17.8. The van der Waals surface area contributed by atoms with Crippen molar-refractivity contribution < 1.29 is 9.59 Å². The van der Waals surface area contributed by atoms with Crippen molar-refractivity contribution in [2.45, 2.75) is 13.3 Å². The number of hydrogen-bond donors (Lipinski definition) is 2. The van der Waals surface area contributed by atoms with E-state index in [1.54, 1.807) is 12.1 Å². The SMILES string of the molecule is Cc1ccc(C(=O)NCC(=O)NCCc2cccc(Cl)c2Cl)s1. The van der Waals surface area contributed by atoms with E-state index in [2.05, 4.69) is 10.6 Å². The summed E-state index contributed by atoms with van der Waals surface area (Å²) in [5.74, 6) is -0.485. The number of hydrogen-bond acceptors (Lipinski definition) is 3. The minimum absolute atomic E-state index is 0.0565. The van der Waals surface area contributed by atoms with Crippen molar-refractivity contribution in [2.24, 2.45) is 0 Å². The second-order valence-corrected chi connectivity index (χ2v) is 6.98. The molecule has 122 valence electrons. The monoisotopic (exact) mass is 370 g/mol. The van der Waals surface area contributed by atoms with Crippen molar-refractivity contribution >= 4 is 46.4 Å². The number of thiophene rings is 1. The van der Waals surface area contributed by atoms with Gasteiger partial charge >= 0.3 is 0 Å². The lowest BCUT2D eigenvalue weighted by Gasteiger charge is -2.08. The van der Waals surface area contributed by atoms with Crippen LogP contribution in [0.25, 0.3) is 0 Å². The molecule has 2 aromatic rings. The summed E-state index contributed by atoms with van der Waals surface area (Å²) in [6.45, 7) is 2.29. The zero-order chi connectivity index (χ0) is 16.8. The van der Waals surface area contributed by atoms with Crippen LogP contribution in [0.5, 0.6) is 0 Å². The summed E-state index contributed by atoms with van der Waals surface area (Å²) in [6, 6.07) is 9.01. The number of benzene rings is 1. The van der Waals surface area contributed by atoms with Gasteiger partial charge < -0.3 is 10.6 Å². The van der Waals surface area contributed by atoms with Gasteiger partial charge in [0, 0.05) is 11.4 Å². The minimum atomic E-state index is -0.246. The molecule has 1 aromatic heterocycles. The molecular formula is C16H16Cl2N2O2S. The van der Waals surface area contributed by atoms with E-state index in [0.717, 1.165) is 10.4 Å². The number of aryl methyl sites for hydroxylation is 1. The zero-order valence-electron chi connectivity index (χ0n) is 12.5. The van der Waals surface area contributed by atoms with Crippen LogP contribution in [-0.2, 0) is 11.2 Å². The van der Waals surface area contributed by atoms with Crippen LogP contribution in [0.1, 0.15) is 20.1 Å². The molecule has 2 amide bonds. The fraction of sp³-hybridized carbons (Fsp3) is 0.250. The number of rotatable bonds is 6. The van der Waals surface area contributed by atoms with E-state index in [1.165, 1.54) is 11.3 Å². The van der Waals surface area contributed by atoms with Gasteiger partial charge in [-0.25, -0.2) is 0 Å². The van der Waals surface area contributed by atoms with Gasteiger partial charge in [0.1, 0.15) is 0 Å². The molecular weight excluding hydrogens is 355 g/mol. The van der Waals surface area contributed by atoms with E-state index in [1.807, 2.05) is 25.1 Å². The predicted octanol–water partition coefficient (Wildman–Crippen LogP) is 3.45. The van der Waals surface area contributed by atoms with E-state index in [4.69, 9.17) is 23.2 Å². The highest BCUT2D eigenvalue weighted by molar-refractivity contribution is 7.13. The van der Waals surface area contributed by atoms with E-state index in [0.29, 0.717) is 27.9 Å². The fourth-order valence-corrected chi connectivity index (χ4v) is 3.14. The molecule has 2 N–H and O–H groups in total. The molecule has 0 saturated heterocycles. The smallest absolute Gasteiger partial charge is 0.261 e. The van der Waals surface area contributed by atoms with Gasteiger partial charge in [0.15, 0.2) is 0 Å². The van der Waals surface area contributed by atoms with E-state index < -0.39 is 0 Å². The van der Waals surface area contributed by atoms with Gasteiger partial charge in [-0.1, -0.05) is 35.3 Å². The van der Waals surface area contributed by atoms with Gasteiger partial charge in [-0.15, -0.1) is 11.3 Å². The second kappa shape index (κ2) is 8.34. The van der Waals surface area contributed by atoms with Crippen LogP contribution in [0.15, 0.2) is 30.3 Å². The Balaban J connectivity index is 1.73. The normalized spacial score (nSPS) is 10.4. The third-order valence-electron chi connectivity index (χ3n) is 3.12. The maximum absolute atomic E-state index is 11.8. The molecule has 0 atom stereocenters. The Morgan fingerprint density at radius 1 is 1.13 bits per heavy atom. The first-order chi connectivity index (χ1) is 11.0. The van der Waals surface area contributed by atoms with Crippen LogP contribution < -0.4 is 10.6 Å². The Morgan fingerprint density at radius 2 is 1.91 bits per heavy atom. The summed E-state index contributed by atoms with van der Waals surface area (Å²) in [4.78, 5) is 25.2. The molecule has 23 heavy (non-hydrogen) atoms. The summed E-state index contributed by atoms with van der Waals surface area (Å²) in [5.41, 5.74) is 0.873. The Hall–Kier alpha value is -1.56. The molecule has 0 aliphatic carbocycles. The molecule has 0 bridgehead atoms. The number of carbonyl (C=O) groups is 2. The van der Waals surface area contributed by atoms with Crippen molar-refractivity contribution in [3.63, 3.8) is 0 Å². The van der Waals surface area contributed by atoms with Crippen molar-refractivity contribution in [3.8, 4) is 0 Å². The quantitative estimate of drug-likeness (QED) is 0.817. The molecule has 0 aliphatic rings. The highest BCUT2D eigenvalue weighted by atomic mass is 35.5. The highest BCUT2D eigenvalue weighted by Crippen LogP contribution is 2.25. The molecule has 7 heteroatoms. The van der Waals surface area contributed by atoms with Crippen molar-refractivity contribution in [1.82, 2.24) is 10.6 Å². The van der Waals surface area contributed by atoms with Gasteiger partial charge in [0.2, 0.25) is 5.91 Å². The molecule has 4 nitrogen and oxygen atoms in total. The number of halogens is 2. The molecule has 1 heterocycles. The van der Waals surface area contributed by atoms with Crippen LogP contribution >= 0.6 is 34.5 Å². The fourth-order valence-electron chi connectivity index (χ4n) is 1.94. The van der Waals surface area contributed by atoms with Crippen molar-refractivity contribution in [3.05, 3.63) is 55.7 Å². The van der Waals surface area contributed by atoms with Crippen LogP contribution in [0, 0.1) is 6.92 Å². The average Bonchev–Trinajstić information content (AvgIpc) is 2.96. The lowest BCUT2D eigenvalue weighted by Crippen LogP contribution is -2.37. The average molecular weight is 371 g/mol. The van der Waals surface area contributed by atoms with Gasteiger partial charge in [0.25, 0.3) is 5.91 Å². The molecule has 2 rings (SSSR count). The first-order valence-electron chi connectivity index (χ1n) is 7.01. The Bertz CT molecular complexity index is 716. The summed E-state index contributed by atoms with van der Waals surface area (Å²) in [5, 5.41) is 6.33. The predicted molar refractivity (Wildman–Crippen MR) is 94.6 cm³/mol. The third kappa shape index (κ3) is 5.23. The Kier molecular flexibility index (Phi) is 6.45. The molecule has 0 aliphatic heterocycles. The summed E-state index contributed by atoms with van der Waals surface area (Å²) >= 11 is 13.4. The summed E-state index contributed by atoms with van der Waals surface area (Å²) in [7, 11) is 0. The van der Waals surface area contributed by atoms with Gasteiger partial charge in [0.05, 0.1) is 21.5 Å². The van der Waals surface area contributed by atoms with Crippen molar-refractivity contribution in [1.29, 1.82) is 0 Å². The van der Waals surface area contributed by atoms with Crippen LogP contribution in [0.2, 0.25) is 10.0 Å². The van der Waals surface area contributed by atoms with E-state index in [-0.39, 0.29) is 18.4 Å². The lowest BCUT2D eigenvalue weighted by atomic mass is 10.1. The molecule has 0 spiro atoms. The first-order valence-corrected chi connectivity index (χ1v) is 8.59. The van der Waals surface area contributed by atoms with Crippen LogP contribution in [0.4, 0.5) is 0 Å². The number of nitrogens with one attached hydrogen (secondary N) is 2. The lowest BCUT2D eigenvalue weighted by molar-refractivity contribution is -0.120. The standard InChI is InChI=1S/C16H16Cl2N2O2S/c1-10-5-6-13(23-10)16(22)20-9-14(21)19-8-7-11-3-2-4-12(17)15(11)18/h2-6H,7-9H2,1H3,(H,19,21)(H,20,22). The maximum Gasteiger partial charge on any atom is 0.261 e. The minimum Gasteiger partial charge on any atom is -0.354 e. The summed E-state index contributed by atoms with van der Waals surface area (Å²) in [6.07, 6.45) is 0.573. The largest absolute Gasteiger partial charge is 0.354 e. The molecule has 0 fully saturated rings. The number of carbonyl (C=O) groups excluding carboxylic acids is 2. The number of amides is 2. The van der Waals surface area contributed by atoms with Crippen LogP contribution in [-0.4, -0.2) is 24.9 Å². The highest BCUT2D eigenvalue weighted by Gasteiger charge is 2.10. The van der Waals surface area contributed by atoms with E-state index >= 15 is 0 Å². The molecule has 1 aromatic carbocycles. The van der Waals surface area contributed by atoms with E-state index in [9.17, 15) is 9.59 Å². The zero-order valence-corrected chi connectivity index (χ0v) is 14.8. The molecule has 0 unspecified atom stereocenters.